The fraction of sp³-hybridized carbons (Fsp3) is 0.147. The van der Waals surface area contributed by atoms with Crippen molar-refractivity contribution in [3.05, 3.63) is 127 Å². The Morgan fingerprint density at radius 3 is 2.14 bits per heavy atom. The Balaban J connectivity index is 1.53. The van der Waals surface area contributed by atoms with E-state index in [9.17, 15) is 29.4 Å². The minimum atomic E-state index is -1.11. The zero-order chi connectivity index (χ0) is 31.1. The Hall–Kier alpha value is -5.86. The molecule has 5 aromatic rings. The molecule has 0 unspecified atom stereocenters. The Bertz CT molecular complexity index is 2140. The molecule has 0 bridgehead atoms. The third-order valence-corrected chi connectivity index (χ3v) is 7.98. The zero-order valence-corrected chi connectivity index (χ0v) is 24.0. The van der Waals surface area contributed by atoms with Crippen LogP contribution in [0.4, 0.5) is 5.69 Å². The number of aromatic nitrogens is 3. The van der Waals surface area contributed by atoms with Crippen molar-refractivity contribution in [2.24, 2.45) is 0 Å². The summed E-state index contributed by atoms with van der Waals surface area (Å²) in [6.45, 7) is 2.71. The van der Waals surface area contributed by atoms with Crippen LogP contribution in [0.25, 0.3) is 34.6 Å². The van der Waals surface area contributed by atoms with Crippen molar-refractivity contribution in [3.8, 4) is 11.4 Å². The maximum Gasteiger partial charge on any atom is 0.335 e. The van der Waals surface area contributed by atoms with Gasteiger partial charge < -0.3 is 15.1 Å². The average molecular weight is 589 g/mol. The third kappa shape index (κ3) is 4.93. The SMILES string of the molecule is Cc1c(C=C=Cc2ccc3c(c2)CCCN3C)c(=O)n(-c2ccc(C(=O)O)cc2)c2[nH]n(-c3ccc(C(=O)O)cc3)c(=O)c12. The summed E-state index contributed by atoms with van der Waals surface area (Å²) in [7, 11) is 2.08. The molecule has 6 rings (SSSR count). The van der Waals surface area contributed by atoms with E-state index in [1.54, 1.807) is 19.1 Å². The average Bonchev–Trinajstić information content (AvgIpc) is 3.35. The van der Waals surface area contributed by atoms with Crippen LogP contribution < -0.4 is 16.0 Å². The second-order valence-electron chi connectivity index (χ2n) is 10.7. The molecule has 1 aliphatic rings. The van der Waals surface area contributed by atoms with Crippen LogP contribution >= 0.6 is 0 Å². The summed E-state index contributed by atoms with van der Waals surface area (Å²) < 4.78 is 2.58. The molecule has 2 aromatic heterocycles. The number of nitrogens with one attached hydrogen (secondary N) is 1. The van der Waals surface area contributed by atoms with Crippen molar-refractivity contribution < 1.29 is 19.8 Å². The Kier molecular flexibility index (Phi) is 7.12. The monoisotopic (exact) mass is 588 g/mol. The van der Waals surface area contributed by atoms with Gasteiger partial charge in [-0.1, -0.05) is 6.07 Å². The summed E-state index contributed by atoms with van der Waals surface area (Å²) in [6.07, 6.45) is 5.42. The first kappa shape index (κ1) is 28.3. The van der Waals surface area contributed by atoms with Gasteiger partial charge in [0.2, 0.25) is 0 Å². The van der Waals surface area contributed by atoms with Crippen LogP contribution in [0.2, 0.25) is 0 Å². The van der Waals surface area contributed by atoms with E-state index in [4.69, 9.17) is 0 Å². The van der Waals surface area contributed by atoms with Gasteiger partial charge in [-0.3, -0.25) is 19.3 Å². The first-order valence-corrected chi connectivity index (χ1v) is 14.0. The van der Waals surface area contributed by atoms with Crippen LogP contribution in [0.5, 0.6) is 0 Å². The summed E-state index contributed by atoms with van der Waals surface area (Å²) in [5.74, 6) is -2.20. The van der Waals surface area contributed by atoms with E-state index in [0.29, 0.717) is 16.9 Å². The molecule has 3 N–H and O–H groups in total. The standard InChI is InChI=1S/C34H28N4O6/c1-20-27(7-3-5-21-8-17-28-24(19-21)6-4-18-36(28)2)31(39)37(25-13-9-22(10-14-25)33(41)42)30-29(20)32(40)38(35-30)26-15-11-23(12-16-26)34(43)44/h5,7-17,19,35H,4,6,18H2,1-2H3,(H,41,42)(H,43,44). The molecule has 220 valence electrons. The largest absolute Gasteiger partial charge is 0.478 e. The Morgan fingerprint density at radius 2 is 1.50 bits per heavy atom. The van der Waals surface area contributed by atoms with Gasteiger partial charge in [-0.05, 0) is 109 Å². The number of carboxylic acid groups (broad SMARTS) is 2. The number of H-pyrrole nitrogens is 1. The molecule has 3 heterocycles. The molecule has 1 aliphatic heterocycles. The van der Waals surface area contributed by atoms with Crippen LogP contribution in [0, 0.1) is 6.92 Å². The lowest BCUT2D eigenvalue weighted by Gasteiger charge is -2.27. The molecular weight excluding hydrogens is 560 g/mol. The fourth-order valence-electron chi connectivity index (χ4n) is 5.66. The van der Waals surface area contributed by atoms with Gasteiger partial charge in [0, 0.05) is 19.3 Å². The van der Waals surface area contributed by atoms with Crippen molar-refractivity contribution in [2.75, 3.05) is 18.5 Å². The predicted molar refractivity (Wildman–Crippen MR) is 169 cm³/mol. The van der Waals surface area contributed by atoms with E-state index in [-0.39, 0.29) is 27.7 Å². The highest BCUT2D eigenvalue weighted by Gasteiger charge is 2.21. The first-order chi connectivity index (χ1) is 21.1. The highest BCUT2D eigenvalue weighted by molar-refractivity contribution is 5.89. The molecule has 0 atom stereocenters. The maximum atomic E-state index is 14.0. The third-order valence-electron chi connectivity index (χ3n) is 7.98. The van der Waals surface area contributed by atoms with Crippen molar-refractivity contribution in [2.45, 2.75) is 19.8 Å². The van der Waals surface area contributed by atoms with E-state index in [1.165, 1.54) is 69.0 Å². The van der Waals surface area contributed by atoms with Crippen molar-refractivity contribution >= 4 is 40.8 Å². The summed E-state index contributed by atoms with van der Waals surface area (Å²) in [6, 6.07) is 17.8. The van der Waals surface area contributed by atoms with Crippen molar-refractivity contribution in [1.82, 2.24) is 14.3 Å². The molecule has 0 fully saturated rings. The van der Waals surface area contributed by atoms with E-state index >= 15 is 0 Å². The van der Waals surface area contributed by atoms with Crippen molar-refractivity contribution in [3.63, 3.8) is 0 Å². The molecule has 0 aliphatic carbocycles. The molecule has 0 saturated carbocycles. The number of aromatic carboxylic acids is 2. The van der Waals surface area contributed by atoms with Crippen LogP contribution in [0.15, 0.2) is 82.1 Å². The Labute approximate surface area is 251 Å². The number of nitrogens with zero attached hydrogens (tertiary/aromatic N) is 3. The van der Waals surface area contributed by atoms with Gasteiger partial charge in [0.25, 0.3) is 11.1 Å². The second kappa shape index (κ2) is 11.1. The number of benzene rings is 3. The first-order valence-electron chi connectivity index (χ1n) is 14.0. The molecule has 10 heteroatoms. The summed E-state index contributed by atoms with van der Waals surface area (Å²) >= 11 is 0. The van der Waals surface area contributed by atoms with E-state index in [2.05, 4.69) is 34.9 Å². The van der Waals surface area contributed by atoms with E-state index in [0.717, 1.165) is 24.9 Å². The highest BCUT2D eigenvalue weighted by Crippen LogP contribution is 2.27. The maximum absolute atomic E-state index is 14.0. The highest BCUT2D eigenvalue weighted by atomic mass is 16.4. The minimum Gasteiger partial charge on any atom is -0.478 e. The van der Waals surface area contributed by atoms with Crippen LogP contribution in [-0.4, -0.2) is 50.1 Å². The molecule has 44 heavy (non-hydrogen) atoms. The Morgan fingerprint density at radius 1 is 0.864 bits per heavy atom. The number of pyridine rings is 1. The summed E-state index contributed by atoms with van der Waals surface area (Å²) in [5, 5.41) is 21.9. The number of fused-ring (bicyclic) bond motifs is 2. The molecular formula is C34H28N4O6. The molecule has 10 nitrogen and oxygen atoms in total. The van der Waals surface area contributed by atoms with Gasteiger partial charge in [0.1, 0.15) is 5.65 Å². The second-order valence-corrected chi connectivity index (χ2v) is 10.7. The van der Waals surface area contributed by atoms with E-state index < -0.39 is 23.1 Å². The number of rotatable bonds is 6. The molecule has 3 aromatic carbocycles. The van der Waals surface area contributed by atoms with Gasteiger partial charge in [0.05, 0.1) is 33.5 Å². The quantitative estimate of drug-likeness (QED) is 0.240. The lowest BCUT2D eigenvalue weighted by atomic mass is 9.99. The van der Waals surface area contributed by atoms with Crippen molar-refractivity contribution in [1.29, 1.82) is 0 Å². The number of hydrogen-bond acceptors (Lipinski definition) is 5. The number of anilines is 1. The van der Waals surface area contributed by atoms with Crippen LogP contribution in [0.3, 0.4) is 0 Å². The number of aryl methyl sites for hydroxylation is 2. The normalized spacial score (nSPS) is 12.5. The van der Waals surface area contributed by atoms with E-state index in [1.807, 2.05) is 6.07 Å². The van der Waals surface area contributed by atoms with Gasteiger partial charge in [0.15, 0.2) is 0 Å². The topological polar surface area (TPSA) is 138 Å². The fourth-order valence-corrected chi connectivity index (χ4v) is 5.66. The molecule has 0 amide bonds. The van der Waals surface area contributed by atoms with Gasteiger partial charge in [-0.2, -0.15) is 0 Å². The summed E-state index contributed by atoms with van der Waals surface area (Å²) in [4.78, 5) is 52.8. The van der Waals surface area contributed by atoms with Gasteiger partial charge >= 0.3 is 11.9 Å². The number of aromatic amines is 1. The van der Waals surface area contributed by atoms with Gasteiger partial charge in [-0.15, -0.1) is 5.73 Å². The minimum absolute atomic E-state index is 0.0500. The number of carbonyl (C=O) groups is 2. The smallest absolute Gasteiger partial charge is 0.335 e. The molecule has 0 spiro atoms. The molecule has 0 saturated heterocycles. The lowest BCUT2D eigenvalue weighted by molar-refractivity contribution is 0.0686. The molecule has 0 radical (unpaired) electrons. The van der Waals surface area contributed by atoms with Gasteiger partial charge in [-0.25, -0.2) is 14.3 Å². The van der Waals surface area contributed by atoms with Crippen LogP contribution in [0.1, 0.15) is 49.4 Å². The lowest BCUT2D eigenvalue weighted by Crippen LogP contribution is -2.24. The zero-order valence-electron chi connectivity index (χ0n) is 24.0. The number of hydrogen-bond donors (Lipinski definition) is 3. The van der Waals surface area contributed by atoms with Crippen LogP contribution in [-0.2, 0) is 6.42 Å². The number of carboxylic acids is 2. The predicted octanol–water partition coefficient (Wildman–Crippen LogP) is 4.88. The summed E-state index contributed by atoms with van der Waals surface area (Å²) in [5.41, 5.74) is 7.42.